The normalized spacial score (nSPS) is 24.9. The Labute approximate surface area is 126 Å². The molecule has 0 N–H and O–H groups in total. The van der Waals surface area contributed by atoms with Crippen molar-refractivity contribution < 1.29 is 0 Å². The molecule has 2 unspecified atom stereocenters. The lowest BCUT2D eigenvalue weighted by Crippen LogP contribution is -2.32. The lowest BCUT2D eigenvalue weighted by molar-refractivity contribution is 0.331. The van der Waals surface area contributed by atoms with Gasteiger partial charge in [0.2, 0.25) is 0 Å². The molecule has 2 heterocycles. The van der Waals surface area contributed by atoms with E-state index >= 15 is 0 Å². The Morgan fingerprint density at radius 1 is 1.20 bits per heavy atom. The highest BCUT2D eigenvalue weighted by atomic mass is 32.2. The molecule has 108 valence electrons. The van der Waals surface area contributed by atoms with Crippen LogP contribution in [0.3, 0.4) is 0 Å². The molecule has 3 rings (SSSR count). The number of fused-ring (bicyclic) bond motifs is 1. The third-order valence-corrected chi connectivity index (χ3v) is 5.45. The van der Waals surface area contributed by atoms with Crippen LogP contribution in [0.5, 0.6) is 0 Å². The van der Waals surface area contributed by atoms with E-state index in [1.54, 1.807) is 0 Å². The maximum absolute atomic E-state index is 4.92. The van der Waals surface area contributed by atoms with Gasteiger partial charge in [-0.1, -0.05) is 74.7 Å². The van der Waals surface area contributed by atoms with E-state index < -0.39 is 0 Å². The maximum atomic E-state index is 4.92. The Morgan fingerprint density at radius 2 is 2.05 bits per heavy atom. The van der Waals surface area contributed by atoms with Crippen molar-refractivity contribution >= 4 is 16.9 Å². The molecule has 0 bridgehead atoms. The minimum atomic E-state index is 0.358. The molecule has 1 fully saturated rings. The number of unbranched alkanes of at least 4 members (excludes halogenated alkanes) is 3. The summed E-state index contributed by atoms with van der Waals surface area (Å²) < 4.78 is 0. The molecular weight excluding hydrogens is 264 g/mol. The summed E-state index contributed by atoms with van der Waals surface area (Å²) >= 11 is 1.96. The summed E-state index contributed by atoms with van der Waals surface area (Å²) in [6.07, 6.45) is 6.81. The quantitative estimate of drug-likeness (QED) is 0.717. The van der Waals surface area contributed by atoms with E-state index in [2.05, 4.69) is 42.2 Å². The van der Waals surface area contributed by atoms with Crippen LogP contribution in [0.1, 0.15) is 50.6 Å². The zero-order valence-electron chi connectivity index (χ0n) is 12.3. The Kier molecular flexibility index (Phi) is 4.66. The van der Waals surface area contributed by atoms with Crippen molar-refractivity contribution in [2.75, 3.05) is 12.3 Å². The van der Waals surface area contributed by atoms with Crippen molar-refractivity contribution in [3.05, 3.63) is 35.9 Å². The van der Waals surface area contributed by atoms with E-state index in [1.165, 1.54) is 48.6 Å². The van der Waals surface area contributed by atoms with Crippen molar-refractivity contribution in [1.82, 2.24) is 4.90 Å². The molecule has 20 heavy (non-hydrogen) atoms. The van der Waals surface area contributed by atoms with Gasteiger partial charge in [-0.3, -0.25) is 4.99 Å². The number of nitrogens with zero attached hydrogens (tertiary/aromatic N) is 2. The zero-order valence-corrected chi connectivity index (χ0v) is 13.1. The van der Waals surface area contributed by atoms with Gasteiger partial charge in [-0.15, -0.1) is 0 Å². The summed E-state index contributed by atoms with van der Waals surface area (Å²) in [5.74, 6) is 1.24. The van der Waals surface area contributed by atoms with Gasteiger partial charge in [0.05, 0.1) is 6.04 Å². The van der Waals surface area contributed by atoms with Crippen LogP contribution in [0.2, 0.25) is 0 Å². The van der Waals surface area contributed by atoms with Crippen molar-refractivity contribution in [3.63, 3.8) is 0 Å². The molecule has 2 aliphatic heterocycles. The van der Waals surface area contributed by atoms with E-state index in [0.29, 0.717) is 6.04 Å². The third kappa shape index (κ3) is 3.03. The third-order valence-electron chi connectivity index (χ3n) is 4.30. The fraction of sp³-hybridized carbons (Fsp3) is 0.588. The van der Waals surface area contributed by atoms with Crippen molar-refractivity contribution in [1.29, 1.82) is 0 Å². The summed E-state index contributed by atoms with van der Waals surface area (Å²) in [6.45, 7) is 3.37. The molecule has 0 aromatic heterocycles. The summed E-state index contributed by atoms with van der Waals surface area (Å²) in [7, 11) is 0. The van der Waals surface area contributed by atoms with Crippen LogP contribution in [0.15, 0.2) is 35.3 Å². The molecule has 0 saturated carbocycles. The van der Waals surface area contributed by atoms with Gasteiger partial charge in [0.1, 0.15) is 0 Å². The van der Waals surface area contributed by atoms with Gasteiger partial charge < -0.3 is 4.90 Å². The van der Waals surface area contributed by atoms with E-state index in [-0.39, 0.29) is 0 Å². The van der Waals surface area contributed by atoms with Gasteiger partial charge in [0.15, 0.2) is 5.17 Å². The minimum Gasteiger partial charge on any atom is -0.345 e. The van der Waals surface area contributed by atoms with E-state index in [0.717, 1.165) is 12.6 Å². The number of thioether (sulfide) groups is 1. The van der Waals surface area contributed by atoms with E-state index in [9.17, 15) is 0 Å². The molecule has 2 atom stereocenters. The first kappa shape index (κ1) is 14.0. The Morgan fingerprint density at radius 3 is 2.85 bits per heavy atom. The number of aliphatic imine (C=N–C) groups is 1. The fourth-order valence-corrected chi connectivity index (χ4v) is 4.38. The van der Waals surface area contributed by atoms with Gasteiger partial charge in [0, 0.05) is 18.3 Å². The smallest absolute Gasteiger partial charge is 0.160 e. The second-order valence-corrected chi connectivity index (χ2v) is 6.79. The SMILES string of the molecule is CCCCCCC1CSC2=NC(c3ccccc3)CN21. The molecule has 2 aliphatic rings. The maximum Gasteiger partial charge on any atom is 0.160 e. The Balaban J connectivity index is 1.57. The Bertz CT molecular complexity index is 457. The molecular formula is C17H24N2S. The standard InChI is InChI=1S/C17H24N2S/c1-2-3-4-8-11-15-13-20-17-18-16(12-19(15)17)14-9-6-5-7-10-14/h5-7,9-10,15-16H,2-4,8,11-13H2,1H3. The van der Waals surface area contributed by atoms with Gasteiger partial charge in [-0.2, -0.15) is 0 Å². The highest BCUT2D eigenvalue weighted by Crippen LogP contribution is 2.36. The largest absolute Gasteiger partial charge is 0.345 e. The van der Waals surface area contributed by atoms with Crippen molar-refractivity contribution in [3.8, 4) is 0 Å². The number of hydrogen-bond donors (Lipinski definition) is 0. The predicted molar refractivity (Wildman–Crippen MR) is 88.3 cm³/mol. The van der Waals surface area contributed by atoms with Crippen molar-refractivity contribution in [2.45, 2.75) is 51.1 Å². The number of benzene rings is 1. The molecule has 0 spiro atoms. The Hall–Kier alpha value is -0.960. The van der Waals surface area contributed by atoms with Crippen LogP contribution in [0.25, 0.3) is 0 Å². The summed E-state index contributed by atoms with van der Waals surface area (Å²) in [5.41, 5.74) is 1.36. The number of amidine groups is 1. The first-order valence-corrected chi connectivity index (χ1v) is 8.89. The topological polar surface area (TPSA) is 15.6 Å². The van der Waals surface area contributed by atoms with E-state index in [4.69, 9.17) is 4.99 Å². The molecule has 2 nitrogen and oxygen atoms in total. The van der Waals surface area contributed by atoms with Gasteiger partial charge >= 0.3 is 0 Å². The molecule has 1 aromatic carbocycles. The monoisotopic (exact) mass is 288 g/mol. The van der Waals surface area contributed by atoms with Crippen LogP contribution < -0.4 is 0 Å². The minimum absolute atomic E-state index is 0.358. The lowest BCUT2D eigenvalue weighted by Gasteiger charge is -2.23. The summed E-state index contributed by atoms with van der Waals surface area (Å²) in [5, 5.41) is 1.29. The predicted octanol–water partition coefficient (Wildman–Crippen LogP) is 4.49. The first-order chi connectivity index (χ1) is 9.88. The fourth-order valence-electron chi connectivity index (χ4n) is 3.10. The number of hydrogen-bond acceptors (Lipinski definition) is 3. The molecule has 0 amide bonds. The van der Waals surface area contributed by atoms with Crippen LogP contribution in [-0.2, 0) is 0 Å². The molecule has 0 aliphatic carbocycles. The summed E-state index contributed by atoms with van der Waals surface area (Å²) in [6, 6.07) is 11.8. The van der Waals surface area contributed by atoms with Crippen LogP contribution >= 0.6 is 11.8 Å². The van der Waals surface area contributed by atoms with E-state index in [1.807, 2.05) is 11.8 Å². The molecule has 1 saturated heterocycles. The number of rotatable bonds is 6. The van der Waals surface area contributed by atoms with Gasteiger partial charge in [0.25, 0.3) is 0 Å². The second kappa shape index (κ2) is 6.66. The average Bonchev–Trinajstić information content (AvgIpc) is 3.06. The van der Waals surface area contributed by atoms with Crippen LogP contribution in [0, 0.1) is 0 Å². The highest BCUT2D eigenvalue weighted by molar-refractivity contribution is 8.14. The first-order valence-electron chi connectivity index (χ1n) is 7.90. The zero-order chi connectivity index (χ0) is 13.8. The molecule has 0 radical (unpaired) electrons. The van der Waals surface area contributed by atoms with Gasteiger partial charge in [-0.05, 0) is 12.0 Å². The summed E-state index contributed by atoms with van der Waals surface area (Å²) in [4.78, 5) is 7.48. The average molecular weight is 288 g/mol. The van der Waals surface area contributed by atoms with Gasteiger partial charge in [-0.25, -0.2) is 0 Å². The molecule has 3 heteroatoms. The molecule has 1 aromatic rings. The van der Waals surface area contributed by atoms with Crippen LogP contribution in [0.4, 0.5) is 0 Å². The lowest BCUT2D eigenvalue weighted by atomic mass is 10.1. The second-order valence-electron chi connectivity index (χ2n) is 5.80. The van der Waals surface area contributed by atoms with Crippen LogP contribution in [-0.4, -0.2) is 28.4 Å². The van der Waals surface area contributed by atoms with Crippen molar-refractivity contribution in [2.24, 2.45) is 4.99 Å². The highest BCUT2D eigenvalue weighted by Gasteiger charge is 2.36.